The van der Waals surface area contributed by atoms with Crippen LogP contribution in [0.2, 0.25) is 0 Å². The van der Waals surface area contributed by atoms with Gasteiger partial charge in [-0.25, -0.2) is 0 Å². The first kappa shape index (κ1) is 9.00. The first-order valence-corrected chi connectivity index (χ1v) is 4.94. The largest absolute Gasteiger partial charge is 0.469 e. The Labute approximate surface area is 78.1 Å². The Hall–Kier alpha value is -0.570. The van der Waals surface area contributed by atoms with E-state index in [9.17, 15) is 9.90 Å². The molecule has 0 saturated heterocycles. The smallest absolute Gasteiger partial charge is 0.311 e. The van der Waals surface area contributed by atoms with Crippen LogP contribution < -0.4 is 0 Å². The van der Waals surface area contributed by atoms with Crippen LogP contribution in [0.5, 0.6) is 0 Å². The fourth-order valence-corrected chi connectivity index (χ4v) is 2.89. The first-order chi connectivity index (χ1) is 6.18. The van der Waals surface area contributed by atoms with E-state index in [1.807, 2.05) is 0 Å². The summed E-state index contributed by atoms with van der Waals surface area (Å²) >= 11 is 0. The average Bonchev–Trinajstić information content (AvgIpc) is 2.53. The Morgan fingerprint density at radius 2 is 2.15 bits per heavy atom. The number of carbonyl (C=O) groups is 1. The molecule has 3 unspecified atom stereocenters. The Morgan fingerprint density at radius 3 is 2.85 bits per heavy atom. The first-order valence-electron chi connectivity index (χ1n) is 4.94. The average molecular weight is 184 g/mol. The third-order valence-corrected chi connectivity index (χ3v) is 3.73. The molecule has 2 rings (SSSR count). The van der Waals surface area contributed by atoms with Gasteiger partial charge in [-0.3, -0.25) is 4.79 Å². The predicted octanol–water partition coefficient (Wildman–Crippen LogP) is 1.10. The minimum absolute atomic E-state index is 0.0677. The van der Waals surface area contributed by atoms with Crippen molar-refractivity contribution in [1.29, 1.82) is 0 Å². The van der Waals surface area contributed by atoms with Crippen molar-refractivity contribution in [1.82, 2.24) is 0 Å². The van der Waals surface area contributed by atoms with Gasteiger partial charge >= 0.3 is 5.97 Å². The van der Waals surface area contributed by atoms with Gasteiger partial charge in [-0.1, -0.05) is 0 Å². The summed E-state index contributed by atoms with van der Waals surface area (Å²) in [7, 11) is 1.45. The minimum atomic E-state index is -0.237. The zero-order chi connectivity index (χ0) is 9.47. The van der Waals surface area contributed by atoms with Crippen LogP contribution in [0.1, 0.15) is 32.1 Å². The number of hydrogen-bond acceptors (Lipinski definition) is 3. The fourth-order valence-electron chi connectivity index (χ4n) is 2.89. The molecule has 1 N–H and O–H groups in total. The summed E-state index contributed by atoms with van der Waals surface area (Å²) in [6.07, 6.45) is 4.11. The zero-order valence-corrected chi connectivity index (χ0v) is 7.95. The molecule has 0 aromatic heterocycles. The lowest BCUT2D eigenvalue weighted by molar-refractivity contribution is -0.155. The highest BCUT2D eigenvalue weighted by molar-refractivity contribution is 5.77. The molecule has 74 valence electrons. The van der Waals surface area contributed by atoms with Gasteiger partial charge in [-0.15, -0.1) is 0 Å². The predicted molar refractivity (Wildman–Crippen MR) is 47.0 cm³/mol. The molecule has 0 aromatic carbocycles. The number of hydrogen-bond donors (Lipinski definition) is 1. The van der Waals surface area contributed by atoms with Crippen molar-refractivity contribution in [3.05, 3.63) is 0 Å². The minimum Gasteiger partial charge on any atom is -0.469 e. The molecule has 0 spiro atoms. The topological polar surface area (TPSA) is 46.5 Å². The second-order valence-electron chi connectivity index (χ2n) is 4.38. The van der Waals surface area contributed by atoms with Crippen LogP contribution in [0.4, 0.5) is 0 Å². The maximum Gasteiger partial charge on any atom is 0.311 e. The second-order valence-corrected chi connectivity index (χ2v) is 4.38. The summed E-state index contributed by atoms with van der Waals surface area (Å²) in [5.74, 6) is 0.273. The van der Waals surface area contributed by atoms with E-state index in [-0.39, 0.29) is 17.5 Å². The number of aliphatic hydroxyl groups is 1. The van der Waals surface area contributed by atoms with Gasteiger partial charge in [0.25, 0.3) is 0 Å². The molecule has 0 amide bonds. The van der Waals surface area contributed by atoms with E-state index in [4.69, 9.17) is 4.74 Å². The van der Waals surface area contributed by atoms with Crippen molar-refractivity contribution in [3.63, 3.8) is 0 Å². The Morgan fingerprint density at radius 1 is 1.46 bits per heavy atom. The lowest BCUT2D eigenvalue weighted by Gasteiger charge is -2.32. The highest BCUT2D eigenvalue weighted by Crippen LogP contribution is 2.51. The monoisotopic (exact) mass is 184 g/mol. The molecule has 0 heterocycles. The van der Waals surface area contributed by atoms with Crippen molar-refractivity contribution in [2.75, 3.05) is 7.11 Å². The summed E-state index contributed by atoms with van der Waals surface area (Å²) in [6, 6.07) is 0. The molecule has 2 fully saturated rings. The van der Waals surface area contributed by atoms with Crippen LogP contribution in [-0.4, -0.2) is 24.3 Å². The molecule has 0 aliphatic heterocycles. The molecule has 0 aromatic rings. The molecule has 3 heteroatoms. The van der Waals surface area contributed by atoms with Gasteiger partial charge in [-0.2, -0.15) is 0 Å². The number of rotatable bonds is 1. The highest BCUT2D eigenvalue weighted by Gasteiger charge is 2.51. The van der Waals surface area contributed by atoms with Crippen LogP contribution in [0.25, 0.3) is 0 Å². The van der Waals surface area contributed by atoms with Crippen LogP contribution >= 0.6 is 0 Å². The van der Waals surface area contributed by atoms with Crippen molar-refractivity contribution in [3.8, 4) is 0 Å². The second kappa shape index (κ2) is 2.98. The Kier molecular flexibility index (Phi) is 2.06. The van der Waals surface area contributed by atoms with E-state index in [1.165, 1.54) is 7.11 Å². The zero-order valence-electron chi connectivity index (χ0n) is 7.95. The standard InChI is InChI=1S/C10H16O3/c1-13-9(12)10-4-2-7(6-10)8(11)3-5-10/h7-8,11H,2-6H2,1H3. The number of methoxy groups -OCH3 is 1. The molecule has 2 aliphatic rings. The number of aliphatic hydroxyl groups excluding tert-OH is 1. The van der Waals surface area contributed by atoms with Gasteiger partial charge in [0.05, 0.1) is 18.6 Å². The van der Waals surface area contributed by atoms with Gasteiger partial charge in [0.2, 0.25) is 0 Å². The molecule has 3 atom stereocenters. The summed E-state index contributed by atoms with van der Waals surface area (Å²) in [5, 5.41) is 9.61. The van der Waals surface area contributed by atoms with Crippen LogP contribution in [0.3, 0.4) is 0 Å². The number of fused-ring (bicyclic) bond motifs is 2. The van der Waals surface area contributed by atoms with E-state index >= 15 is 0 Å². The molecule has 0 radical (unpaired) electrons. The quantitative estimate of drug-likeness (QED) is 0.621. The summed E-state index contributed by atoms with van der Waals surface area (Å²) in [6.45, 7) is 0. The third kappa shape index (κ3) is 1.26. The van der Waals surface area contributed by atoms with Crippen LogP contribution in [-0.2, 0) is 9.53 Å². The Balaban J connectivity index is 2.15. The number of ether oxygens (including phenoxy) is 1. The summed E-state index contributed by atoms with van der Waals surface area (Å²) in [5.41, 5.74) is -0.237. The van der Waals surface area contributed by atoms with Crippen molar-refractivity contribution in [2.24, 2.45) is 11.3 Å². The van der Waals surface area contributed by atoms with Crippen molar-refractivity contribution < 1.29 is 14.6 Å². The highest BCUT2D eigenvalue weighted by atomic mass is 16.5. The SMILES string of the molecule is COC(=O)C12CCC(O)C(CC1)C2. The van der Waals surface area contributed by atoms with Crippen molar-refractivity contribution >= 4 is 5.97 Å². The van der Waals surface area contributed by atoms with Gasteiger partial charge < -0.3 is 9.84 Å². The van der Waals surface area contributed by atoms with E-state index in [0.717, 1.165) is 32.1 Å². The van der Waals surface area contributed by atoms with E-state index < -0.39 is 0 Å². The van der Waals surface area contributed by atoms with Gasteiger partial charge in [-0.05, 0) is 38.0 Å². The molecule has 2 saturated carbocycles. The summed E-state index contributed by atoms with van der Waals surface area (Å²) in [4.78, 5) is 11.5. The Bertz CT molecular complexity index is 226. The molecular formula is C10H16O3. The van der Waals surface area contributed by atoms with Crippen LogP contribution in [0, 0.1) is 11.3 Å². The maximum atomic E-state index is 11.5. The molecule has 3 nitrogen and oxygen atoms in total. The number of esters is 1. The summed E-state index contributed by atoms with van der Waals surface area (Å²) < 4.78 is 4.83. The molecule has 2 bridgehead atoms. The van der Waals surface area contributed by atoms with Gasteiger partial charge in [0, 0.05) is 0 Å². The van der Waals surface area contributed by atoms with E-state index in [2.05, 4.69) is 0 Å². The van der Waals surface area contributed by atoms with Gasteiger partial charge in [0.15, 0.2) is 0 Å². The lowest BCUT2D eigenvalue weighted by atomic mass is 9.75. The van der Waals surface area contributed by atoms with E-state index in [1.54, 1.807) is 0 Å². The van der Waals surface area contributed by atoms with Crippen molar-refractivity contribution in [2.45, 2.75) is 38.2 Å². The molecule has 2 aliphatic carbocycles. The van der Waals surface area contributed by atoms with Crippen LogP contribution in [0.15, 0.2) is 0 Å². The fraction of sp³-hybridized carbons (Fsp3) is 0.900. The van der Waals surface area contributed by atoms with E-state index in [0.29, 0.717) is 5.92 Å². The maximum absolute atomic E-state index is 11.5. The lowest BCUT2D eigenvalue weighted by Crippen LogP contribution is -2.36. The third-order valence-electron chi connectivity index (χ3n) is 3.73. The number of carbonyl (C=O) groups excluding carboxylic acids is 1. The molecule has 13 heavy (non-hydrogen) atoms. The molecular weight excluding hydrogens is 168 g/mol. The normalized spacial score (nSPS) is 43.2. The van der Waals surface area contributed by atoms with Gasteiger partial charge in [0.1, 0.15) is 0 Å².